The molecule has 160 valence electrons. The fourth-order valence-corrected chi connectivity index (χ4v) is 6.11. The van der Waals surface area contributed by atoms with Gasteiger partial charge in [-0.1, -0.05) is 79.9 Å². The summed E-state index contributed by atoms with van der Waals surface area (Å²) in [5.74, 6) is 1.71. The maximum Gasteiger partial charge on any atom is 0.431 e. The first-order chi connectivity index (χ1) is 16.4. The molecule has 4 aromatic carbocycles. The summed E-state index contributed by atoms with van der Waals surface area (Å²) >= 11 is 0. The van der Waals surface area contributed by atoms with E-state index in [1.54, 1.807) is 0 Å². The van der Waals surface area contributed by atoms with Crippen molar-refractivity contribution in [3.05, 3.63) is 96.6 Å². The molecule has 0 N–H and O–H groups in total. The van der Waals surface area contributed by atoms with Gasteiger partial charge in [-0.25, -0.2) is 0 Å². The number of anilines is 3. The zero-order chi connectivity index (χ0) is 21.8. The third-order valence-corrected chi connectivity index (χ3v) is 7.68. The van der Waals surface area contributed by atoms with E-state index in [0.717, 1.165) is 5.75 Å². The normalized spacial score (nSPS) is 16.5. The Labute approximate surface area is 196 Å². The van der Waals surface area contributed by atoms with E-state index in [4.69, 9.17) is 4.65 Å². The number of nitrogens with zero attached hydrogens (tertiary/aromatic N) is 1. The Morgan fingerprint density at radius 3 is 2.36 bits per heavy atom. The van der Waals surface area contributed by atoms with Crippen LogP contribution in [0.1, 0.15) is 43.6 Å². The summed E-state index contributed by atoms with van der Waals surface area (Å²) in [7, 11) is 0. The minimum atomic E-state index is -0.0820. The van der Waals surface area contributed by atoms with Crippen molar-refractivity contribution in [2.45, 2.75) is 38.0 Å². The van der Waals surface area contributed by atoms with Crippen molar-refractivity contribution in [2.75, 3.05) is 4.90 Å². The van der Waals surface area contributed by atoms with Gasteiger partial charge in [0.15, 0.2) is 0 Å². The third-order valence-electron chi connectivity index (χ3n) is 7.68. The lowest BCUT2D eigenvalue weighted by molar-refractivity contribution is 0.442. The van der Waals surface area contributed by atoms with Gasteiger partial charge in [-0.15, -0.1) is 0 Å². The summed E-state index contributed by atoms with van der Waals surface area (Å²) < 4.78 is 6.86. The predicted molar refractivity (Wildman–Crippen MR) is 138 cm³/mol. The number of rotatable bonds is 2. The van der Waals surface area contributed by atoms with Gasteiger partial charge in [0.1, 0.15) is 5.75 Å². The number of benzene rings is 4. The standard InChI is InChI=1S/C30H26BNO/c1-3-10-21(11-4-1)22-18-19-24-25-14-9-17-28-30(25)31(33-29(24)20-22)26-15-7-8-16-27(26)32(28)23-12-5-2-6-13-23/h2,5-9,12-21H,1,3-4,10-11H2. The van der Waals surface area contributed by atoms with E-state index in [9.17, 15) is 0 Å². The topological polar surface area (TPSA) is 12.5 Å². The fraction of sp³-hybridized carbons (Fsp3) is 0.200. The number of para-hydroxylation sites is 2. The lowest BCUT2D eigenvalue weighted by Gasteiger charge is -2.39. The Balaban J connectivity index is 1.42. The van der Waals surface area contributed by atoms with Crippen LogP contribution in [0.5, 0.6) is 5.75 Å². The SMILES string of the molecule is c1ccc(N2c3ccccc3B3Oc4cc(C5CCCCC5)ccc4-c4cccc2c43)cc1. The molecule has 4 aromatic rings. The predicted octanol–water partition coefficient (Wildman–Crippen LogP) is 6.68. The first-order valence-electron chi connectivity index (χ1n) is 12.3. The van der Waals surface area contributed by atoms with Crippen LogP contribution in [0.25, 0.3) is 11.1 Å². The largest absolute Gasteiger partial charge is 0.551 e. The van der Waals surface area contributed by atoms with Crippen LogP contribution in [0.2, 0.25) is 0 Å². The summed E-state index contributed by atoms with van der Waals surface area (Å²) in [5.41, 5.74) is 10.1. The number of hydrogen-bond acceptors (Lipinski definition) is 2. The molecule has 1 fully saturated rings. The lowest BCUT2D eigenvalue weighted by Crippen LogP contribution is -2.56. The number of hydrogen-bond donors (Lipinski definition) is 0. The molecule has 0 spiro atoms. The average molecular weight is 427 g/mol. The molecule has 3 aliphatic rings. The molecule has 2 heterocycles. The fourth-order valence-electron chi connectivity index (χ4n) is 6.11. The highest BCUT2D eigenvalue weighted by molar-refractivity contribution is 6.85. The van der Waals surface area contributed by atoms with E-state index in [0.29, 0.717) is 5.92 Å². The monoisotopic (exact) mass is 427 g/mol. The van der Waals surface area contributed by atoms with Crippen LogP contribution in [-0.4, -0.2) is 6.92 Å². The van der Waals surface area contributed by atoms with Crippen molar-refractivity contribution in [1.82, 2.24) is 0 Å². The van der Waals surface area contributed by atoms with E-state index in [1.165, 1.54) is 76.8 Å². The van der Waals surface area contributed by atoms with Gasteiger partial charge in [-0.2, -0.15) is 0 Å². The van der Waals surface area contributed by atoms with Crippen LogP contribution in [0.15, 0.2) is 91.0 Å². The lowest BCUT2D eigenvalue weighted by atomic mass is 9.49. The van der Waals surface area contributed by atoms with Crippen molar-refractivity contribution < 1.29 is 4.65 Å². The minimum Gasteiger partial charge on any atom is -0.551 e. The molecule has 0 saturated heterocycles. The highest BCUT2D eigenvalue weighted by atomic mass is 16.4. The van der Waals surface area contributed by atoms with E-state index in [-0.39, 0.29) is 6.92 Å². The smallest absolute Gasteiger partial charge is 0.431 e. The van der Waals surface area contributed by atoms with Gasteiger partial charge < -0.3 is 9.55 Å². The Morgan fingerprint density at radius 2 is 1.48 bits per heavy atom. The van der Waals surface area contributed by atoms with Crippen molar-refractivity contribution in [2.24, 2.45) is 0 Å². The zero-order valence-electron chi connectivity index (χ0n) is 18.7. The Hall–Kier alpha value is -3.46. The van der Waals surface area contributed by atoms with Crippen molar-refractivity contribution >= 4 is 34.9 Å². The van der Waals surface area contributed by atoms with Gasteiger partial charge >= 0.3 is 6.92 Å². The van der Waals surface area contributed by atoms with E-state index in [2.05, 4.69) is 95.9 Å². The Kier molecular flexibility index (Phi) is 4.36. The van der Waals surface area contributed by atoms with Crippen molar-refractivity contribution in [1.29, 1.82) is 0 Å². The summed E-state index contributed by atoms with van der Waals surface area (Å²) in [5, 5.41) is 0. The quantitative estimate of drug-likeness (QED) is 0.331. The maximum atomic E-state index is 6.86. The minimum absolute atomic E-state index is 0.0820. The van der Waals surface area contributed by atoms with Crippen LogP contribution < -0.4 is 20.5 Å². The molecule has 0 aromatic heterocycles. The molecular formula is C30H26BNO. The molecular weight excluding hydrogens is 401 g/mol. The second-order valence-electron chi connectivity index (χ2n) is 9.56. The summed E-state index contributed by atoms with van der Waals surface area (Å²) in [6.45, 7) is -0.0820. The molecule has 3 heteroatoms. The summed E-state index contributed by atoms with van der Waals surface area (Å²) in [4.78, 5) is 2.38. The molecule has 1 aliphatic carbocycles. The van der Waals surface area contributed by atoms with E-state index in [1.807, 2.05) is 0 Å². The second kappa shape index (κ2) is 7.55. The third kappa shape index (κ3) is 2.95. The van der Waals surface area contributed by atoms with E-state index >= 15 is 0 Å². The Morgan fingerprint density at radius 1 is 0.697 bits per heavy atom. The number of fused-ring (bicyclic) bond motifs is 4. The van der Waals surface area contributed by atoms with Crippen molar-refractivity contribution in [3.8, 4) is 16.9 Å². The van der Waals surface area contributed by atoms with Gasteiger partial charge in [0, 0.05) is 28.1 Å². The average Bonchev–Trinajstić information content (AvgIpc) is 2.89. The summed E-state index contributed by atoms with van der Waals surface area (Å²) in [6.07, 6.45) is 6.68. The van der Waals surface area contributed by atoms with Crippen LogP contribution in [-0.2, 0) is 0 Å². The van der Waals surface area contributed by atoms with Gasteiger partial charge in [-0.05, 0) is 65.7 Å². The second-order valence-corrected chi connectivity index (χ2v) is 9.56. The molecule has 0 radical (unpaired) electrons. The molecule has 2 nitrogen and oxygen atoms in total. The molecule has 1 saturated carbocycles. The zero-order valence-corrected chi connectivity index (χ0v) is 18.7. The highest BCUT2D eigenvalue weighted by Gasteiger charge is 2.42. The van der Waals surface area contributed by atoms with Crippen LogP contribution >= 0.6 is 0 Å². The van der Waals surface area contributed by atoms with Gasteiger partial charge in [0.25, 0.3) is 0 Å². The maximum absolute atomic E-state index is 6.86. The van der Waals surface area contributed by atoms with Crippen LogP contribution in [0, 0.1) is 0 Å². The molecule has 0 atom stereocenters. The molecule has 7 rings (SSSR count). The highest BCUT2D eigenvalue weighted by Crippen LogP contribution is 2.44. The van der Waals surface area contributed by atoms with Crippen molar-refractivity contribution in [3.63, 3.8) is 0 Å². The first-order valence-corrected chi connectivity index (χ1v) is 12.3. The van der Waals surface area contributed by atoms with Crippen LogP contribution in [0.4, 0.5) is 17.1 Å². The molecule has 2 aliphatic heterocycles. The van der Waals surface area contributed by atoms with Gasteiger partial charge in [0.05, 0.1) is 0 Å². The Bertz CT molecular complexity index is 1340. The molecule has 0 bridgehead atoms. The van der Waals surface area contributed by atoms with Gasteiger partial charge in [-0.3, -0.25) is 0 Å². The van der Waals surface area contributed by atoms with Gasteiger partial charge in [0.2, 0.25) is 0 Å². The molecule has 33 heavy (non-hydrogen) atoms. The summed E-state index contributed by atoms with van der Waals surface area (Å²) in [6, 6.07) is 33.1. The van der Waals surface area contributed by atoms with Crippen LogP contribution in [0.3, 0.4) is 0 Å². The first kappa shape index (κ1) is 19.1. The molecule has 0 unspecified atom stereocenters. The molecule has 0 amide bonds. The van der Waals surface area contributed by atoms with E-state index < -0.39 is 0 Å².